The molecule has 1 aromatic carbocycles. The molecule has 0 bridgehead atoms. The number of hydrogen-bond donors (Lipinski definition) is 2. The normalized spacial score (nSPS) is 14.2. The average molecular weight is 261 g/mol. The summed E-state index contributed by atoms with van der Waals surface area (Å²) >= 11 is 0. The van der Waals surface area contributed by atoms with E-state index < -0.39 is 0 Å². The molecule has 1 aliphatic carbocycles. The largest absolute Gasteiger partial charge is 0.399 e. The Morgan fingerprint density at radius 2 is 2.16 bits per heavy atom. The van der Waals surface area contributed by atoms with Gasteiger partial charge in [-0.25, -0.2) is 0 Å². The Morgan fingerprint density at radius 1 is 1.42 bits per heavy atom. The van der Waals surface area contributed by atoms with Crippen molar-refractivity contribution >= 4 is 17.3 Å². The summed E-state index contributed by atoms with van der Waals surface area (Å²) in [5.41, 5.74) is 8.01. The fraction of sp³-hybridized carbons (Fsp3) is 0.533. The van der Waals surface area contributed by atoms with E-state index in [-0.39, 0.29) is 5.91 Å². The molecule has 0 atom stereocenters. The molecule has 1 aliphatic rings. The Morgan fingerprint density at radius 3 is 2.79 bits per heavy atom. The molecule has 4 heteroatoms. The molecular formula is C15H23N3O. The number of rotatable bonds is 6. The van der Waals surface area contributed by atoms with Crippen LogP contribution >= 0.6 is 0 Å². The molecule has 0 aliphatic heterocycles. The van der Waals surface area contributed by atoms with Crippen molar-refractivity contribution < 1.29 is 4.79 Å². The van der Waals surface area contributed by atoms with Crippen LogP contribution in [0.5, 0.6) is 0 Å². The Hall–Kier alpha value is -1.71. The number of hydrogen-bond acceptors (Lipinski definition) is 3. The number of benzene rings is 1. The zero-order valence-electron chi connectivity index (χ0n) is 11.8. The van der Waals surface area contributed by atoms with Crippen LogP contribution in [-0.4, -0.2) is 31.4 Å². The predicted octanol–water partition coefficient (Wildman–Crippen LogP) is 2.57. The number of nitrogens with zero attached hydrogens (tertiary/aromatic N) is 1. The van der Waals surface area contributed by atoms with Gasteiger partial charge < -0.3 is 16.0 Å². The Bertz CT molecular complexity index is 453. The third-order valence-corrected chi connectivity index (χ3v) is 3.48. The van der Waals surface area contributed by atoms with E-state index in [0.29, 0.717) is 11.3 Å². The number of nitrogens with two attached hydrogens (primary N) is 1. The first-order chi connectivity index (χ1) is 9.08. The van der Waals surface area contributed by atoms with Crippen LogP contribution in [0.4, 0.5) is 11.4 Å². The van der Waals surface area contributed by atoms with E-state index in [1.54, 1.807) is 31.1 Å². The highest BCUT2D eigenvalue weighted by Gasteiger charge is 2.20. The van der Waals surface area contributed by atoms with Gasteiger partial charge in [-0.05, 0) is 37.0 Å². The van der Waals surface area contributed by atoms with Crippen LogP contribution in [0.1, 0.15) is 36.0 Å². The smallest absolute Gasteiger partial charge is 0.255 e. The summed E-state index contributed by atoms with van der Waals surface area (Å²) in [5, 5.41) is 3.35. The quantitative estimate of drug-likeness (QED) is 0.611. The maximum absolute atomic E-state index is 12.1. The van der Waals surface area contributed by atoms with Crippen molar-refractivity contribution in [1.29, 1.82) is 0 Å². The SMILES string of the molecule is CN(C)C(=O)c1ccc(N)cc1NCCCC1CC1. The molecule has 19 heavy (non-hydrogen) atoms. The van der Waals surface area contributed by atoms with Gasteiger partial charge >= 0.3 is 0 Å². The van der Waals surface area contributed by atoms with Crippen LogP contribution in [0.15, 0.2) is 18.2 Å². The molecule has 1 aromatic rings. The summed E-state index contributed by atoms with van der Waals surface area (Å²) in [6.07, 6.45) is 5.21. The van der Waals surface area contributed by atoms with E-state index in [1.165, 1.54) is 19.3 Å². The summed E-state index contributed by atoms with van der Waals surface area (Å²) < 4.78 is 0. The maximum Gasteiger partial charge on any atom is 0.255 e. The number of amides is 1. The Labute approximate surface area is 115 Å². The van der Waals surface area contributed by atoms with Gasteiger partial charge in [-0.15, -0.1) is 0 Å². The van der Waals surface area contributed by atoms with Crippen LogP contribution in [-0.2, 0) is 0 Å². The van der Waals surface area contributed by atoms with Crippen LogP contribution in [0, 0.1) is 5.92 Å². The monoisotopic (exact) mass is 261 g/mol. The van der Waals surface area contributed by atoms with Crippen molar-refractivity contribution in [2.75, 3.05) is 31.7 Å². The molecule has 1 amide bonds. The standard InChI is InChI=1S/C15H23N3O/c1-18(2)15(19)13-8-7-12(16)10-14(13)17-9-3-4-11-5-6-11/h7-8,10-11,17H,3-6,9,16H2,1-2H3. The van der Waals surface area contributed by atoms with Crippen LogP contribution in [0.3, 0.4) is 0 Å². The predicted molar refractivity (Wildman–Crippen MR) is 79.3 cm³/mol. The van der Waals surface area contributed by atoms with Gasteiger partial charge in [0.1, 0.15) is 0 Å². The molecule has 1 saturated carbocycles. The highest BCUT2D eigenvalue weighted by atomic mass is 16.2. The molecule has 104 valence electrons. The molecule has 0 aromatic heterocycles. The molecule has 0 unspecified atom stereocenters. The number of anilines is 2. The lowest BCUT2D eigenvalue weighted by atomic mass is 10.1. The van der Waals surface area contributed by atoms with E-state index in [1.807, 2.05) is 6.07 Å². The van der Waals surface area contributed by atoms with Gasteiger partial charge in [0.05, 0.1) is 5.56 Å². The minimum Gasteiger partial charge on any atom is -0.399 e. The zero-order valence-corrected chi connectivity index (χ0v) is 11.8. The molecule has 1 fully saturated rings. The maximum atomic E-state index is 12.1. The van der Waals surface area contributed by atoms with Gasteiger partial charge in [0.15, 0.2) is 0 Å². The van der Waals surface area contributed by atoms with Crippen LogP contribution < -0.4 is 11.1 Å². The second-order valence-corrected chi connectivity index (χ2v) is 5.52. The molecule has 4 nitrogen and oxygen atoms in total. The molecule has 2 rings (SSSR count). The number of nitrogen functional groups attached to an aromatic ring is 1. The minimum atomic E-state index is 0.00435. The highest BCUT2D eigenvalue weighted by Crippen LogP contribution is 2.33. The molecule has 0 saturated heterocycles. The Kier molecular flexibility index (Phi) is 4.30. The summed E-state index contributed by atoms with van der Waals surface area (Å²) in [6, 6.07) is 5.40. The third kappa shape index (κ3) is 3.88. The second-order valence-electron chi connectivity index (χ2n) is 5.52. The van der Waals surface area contributed by atoms with Gasteiger partial charge in [0, 0.05) is 32.0 Å². The van der Waals surface area contributed by atoms with E-state index in [2.05, 4.69) is 5.32 Å². The van der Waals surface area contributed by atoms with Gasteiger partial charge in [-0.2, -0.15) is 0 Å². The number of carbonyl (C=O) groups is 1. The lowest BCUT2D eigenvalue weighted by Crippen LogP contribution is -2.23. The molecule has 0 heterocycles. The first-order valence-electron chi connectivity index (χ1n) is 6.93. The van der Waals surface area contributed by atoms with Crippen molar-refractivity contribution in [3.8, 4) is 0 Å². The van der Waals surface area contributed by atoms with Crippen LogP contribution in [0.25, 0.3) is 0 Å². The van der Waals surface area contributed by atoms with Gasteiger partial charge in [-0.3, -0.25) is 4.79 Å². The fourth-order valence-electron chi connectivity index (χ4n) is 2.16. The van der Waals surface area contributed by atoms with Gasteiger partial charge in [0.25, 0.3) is 5.91 Å². The van der Waals surface area contributed by atoms with E-state index in [4.69, 9.17) is 5.73 Å². The van der Waals surface area contributed by atoms with Crippen molar-refractivity contribution in [1.82, 2.24) is 4.90 Å². The summed E-state index contributed by atoms with van der Waals surface area (Å²) in [6.45, 7) is 0.896. The van der Waals surface area contributed by atoms with Crippen molar-refractivity contribution in [3.63, 3.8) is 0 Å². The van der Waals surface area contributed by atoms with E-state index in [9.17, 15) is 4.79 Å². The second kappa shape index (κ2) is 5.95. The van der Waals surface area contributed by atoms with Crippen LogP contribution in [0.2, 0.25) is 0 Å². The first-order valence-corrected chi connectivity index (χ1v) is 6.93. The lowest BCUT2D eigenvalue weighted by Gasteiger charge is -2.16. The minimum absolute atomic E-state index is 0.00435. The summed E-state index contributed by atoms with van der Waals surface area (Å²) in [7, 11) is 3.52. The average Bonchev–Trinajstić information content (AvgIpc) is 3.18. The Balaban J connectivity index is 1.99. The zero-order chi connectivity index (χ0) is 13.8. The third-order valence-electron chi connectivity index (χ3n) is 3.48. The molecule has 3 N–H and O–H groups in total. The first kappa shape index (κ1) is 13.7. The molecule has 0 spiro atoms. The number of carbonyl (C=O) groups excluding carboxylic acids is 1. The van der Waals surface area contributed by atoms with E-state index in [0.717, 1.165) is 24.6 Å². The van der Waals surface area contributed by atoms with Crippen molar-refractivity contribution in [3.05, 3.63) is 23.8 Å². The lowest BCUT2D eigenvalue weighted by molar-refractivity contribution is 0.0828. The molecular weight excluding hydrogens is 238 g/mol. The van der Waals surface area contributed by atoms with Crippen molar-refractivity contribution in [2.24, 2.45) is 5.92 Å². The fourth-order valence-corrected chi connectivity index (χ4v) is 2.16. The highest BCUT2D eigenvalue weighted by molar-refractivity contribution is 5.99. The number of nitrogens with one attached hydrogen (secondary N) is 1. The summed E-state index contributed by atoms with van der Waals surface area (Å²) in [5.74, 6) is 0.954. The van der Waals surface area contributed by atoms with Gasteiger partial charge in [0.2, 0.25) is 0 Å². The molecule has 0 radical (unpaired) electrons. The van der Waals surface area contributed by atoms with Gasteiger partial charge in [-0.1, -0.05) is 12.8 Å². The van der Waals surface area contributed by atoms with Crippen molar-refractivity contribution in [2.45, 2.75) is 25.7 Å². The summed E-state index contributed by atoms with van der Waals surface area (Å²) in [4.78, 5) is 13.7. The topological polar surface area (TPSA) is 58.4 Å². The van der Waals surface area contributed by atoms with E-state index >= 15 is 0 Å².